The predicted octanol–water partition coefficient (Wildman–Crippen LogP) is 2.66. The number of aliphatic hydroxyl groups is 1. The van der Waals surface area contributed by atoms with Gasteiger partial charge in [-0.05, 0) is 37.6 Å². The molecule has 1 aliphatic heterocycles. The van der Waals surface area contributed by atoms with Gasteiger partial charge in [0.05, 0.1) is 24.4 Å². The van der Waals surface area contributed by atoms with Crippen LogP contribution in [0, 0.1) is 5.82 Å². The molecule has 0 saturated carbocycles. The van der Waals surface area contributed by atoms with Crippen molar-refractivity contribution in [2.45, 2.75) is 38.1 Å². The SMILES string of the molecule is CC(C)(O)CNC(=O)c1cnn2ccc(N3CC(F)CC3c3cccc(F)c3)nc12. The number of amides is 1. The van der Waals surface area contributed by atoms with Crippen LogP contribution in [0.1, 0.15) is 42.2 Å². The van der Waals surface area contributed by atoms with Gasteiger partial charge in [-0.3, -0.25) is 4.79 Å². The Balaban J connectivity index is 1.66. The number of fused-ring (bicyclic) bond motifs is 1. The van der Waals surface area contributed by atoms with Gasteiger partial charge < -0.3 is 15.3 Å². The molecule has 0 spiro atoms. The number of hydrogen-bond donors (Lipinski definition) is 2. The van der Waals surface area contributed by atoms with Crippen LogP contribution in [-0.4, -0.2) is 50.5 Å². The molecule has 2 N–H and O–H groups in total. The molecule has 1 aromatic carbocycles. The molecule has 3 heterocycles. The molecule has 0 aliphatic carbocycles. The third kappa shape index (κ3) is 4.11. The van der Waals surface area contributed by atoms with Crippen molar-refractivity contribution in [2.24, 2.45) is 0 Å². The minimum atomic E-state index is -1.07. The first-order chi connectivity index (χ1) is 14.2. The molecule has 1 aliphatic rings. The first kappa shape index (κ1) is 20.2. The maximum absolute atomic E-state index is 14.3. The van der Waals surface area contributed by atoms with Gasteiger partial charge in [-0.25, -0.2) is 18.3 Å². The van der Waals surface area contributed by atoms with E-state index in [-0.39, 0.29) is 36.9 Å². The average Bonchev–Trinajstić information content (AvgIpc) is 3.28. The normalized spacial score (nSPS) is 19.4. The van der Waals surface area contributed by atoms with Crippen molar-refractivity contribution in [1.29, 1.82) is 0 Å². The Hall–Kier alpha value is -3.07. The summed E-state index contributed by atoms with van der Waals surface area (Å²) in [5.41, 5.74) is 0.190. The molecule has 30 heavy (non-hydrogen) atoms. The van der Waals surface area contributed by atoms with Crippen molar-refractivity contribution in [3.05, 3.63) is 59.7 Å². The summed E-state index contributed by atoms with van der Waals surface area (Å²) >= 11 is 0. The minimum absolute atomic E-state index is 0.0696. The fourth-order valence-electron chi connectivity index (χ4n) is 3.64. The molecule has 9 heteroatoms. The number of carbonyl (C=O) groups excluding carboxylic acids is 1. The topological polar surface area (TPSA) is 82.8 Å². The predicted molar refractivity (Wildman–Crippen MR) is 108 cm³/mol. The van der Waals surface area contributed by atoms with Crippen LogP contribution in [0.3, 0.4) is 0 Å². The van der Waals surface area contributed by atoms with Gasteiger partial charge in [0.15, 0.2) is 5.65 Å². The maximum Gasteiger partial charge on any atom is 0.256 e. The Morgan fingerprint density at radius 3 is 2.90 bits per heavy atom. The summed E-state index contributed by atoms with van der Waals surface area (Å²) in [6.07, 6.45) is 2.21. The van der Waals surface area contributed by atoms with E-state index >= 15 is 0 Å². The van der Waals surface area contributed by atoms with Crippen molar-refractivity contribution in [1.82, 2.24) is 19.9 Å². The van der Waals surface area contributed by atoms with E-state index in [1.165, 1.54) is 22.8 Å². The van der Waals surface area contributed by atoms with Gasteiger partial charge in [0.1, 0.15) is 23.4 Å². The van der Waals surface area contributed by atoms with Crippen LogP contribution in [-0.2, 0) is 0 Å². The summed E-state index contributed by atoms with van der Waals surface area (Å²) < 4.78 is 29.5. The van der Waals surface area contributed by atoms with Gasteiger partial charge in [0.25, 0.3) is 5.91 Å². The van der Waals surface area contributed by atoms with Crippen LogP contribution in [0.4, 0.5) is 14.6 Å². The first-order valence-corrected chi connectivity index (χ1v) is 9.72. The van der Waals surface area contributed by atoms with Crippen LogP contribution < -0.4 is 10.2 Å². The lowest BCUT2D eigenvalue weighted by molar-refractivity contribution is 0.0695. The van der Waals surface area contributed by atoms with Crippen LogP contribution in [0.5, 0.6) is 0 Å². The highest BCUT2D eigenvalue weighted by Crippen LogP contribution is 2.37. The fraction of sp³-hybridized carbons (Fsp3) is 0.381. The Morgan fingerprint density at radius 2 is 2.17 bits per heavy atom. The quantitative estimate of drug-likeness (QED) is 0.670. The molecule has 0 radical (unpaired) electrons. The van der Waals surface area contributed by atoms with E-state index in [4.69, 9.17) is 0 Å². The first-order valence-electron chi connectivity index (χ1n) is 9.72. The fourth-order valence-corrected chi connectivity index (χ4v) is 3.64. The standard InChI is InChI=1S/C21H23F2N5O2/c1-21(2,30)12-24-20(29)16-10-25-28-7-6-18(26-19(16)28)27-11-15(23)9-17(27)13-4-3-5-14(22)8-13/h3-8,10,15,17,30H,9,11-12H2,1-2H3,(H,24,29). The summed E-state index contributed by atoms with van der Waals surface area (Å²) in [6, 6.07) is 7.47. The molecule has 0 bridgehead atoms. The molecule has 4 rings (SSSR count). The molecular weight excluding hydrogens is 392 g/mol. The van der Waals surface area contributed by atoms with Crippen molar-refractivity contribution in [3.8, 4) is 0 Å². The average molecular weight is 415 g/mol. The third-order valence-corrected chi connectivity index (χ3v) is 5.06. The summed E-state index contributed by atoms with van der Waals surface area (Å²) in [4.78, 5) is 18.9. The van der Waals surface area contributed by atoms with E-state index in [9.17, 15) is 18.7 Å². The summed E-state index contributed by atoms with van der Waals surface area (Å²) in [5, 5.41) is 16.6. The highest BCUT2D eigenvalue weighted by molar-refractivity contribution is 5.99. The number of aromatic nitrogens is 3. The van der Waals surface area contributed by atoms with Crippen molar-refractivity contribution >= 4 is 17.4 Å². The molecule has 3 aromatic rings. The number of anilines is 1. The zero-order valence-electron chi connectivity index (χ0n) is 16.7. The Morgan fingerprint density at radius 1 is 1.37 bits per heavy atom. The van der Waals surface area contributed by atoms with Gasteiger partial charge in [-0.15, -0.1) is 0 Å². The third-order valence-electron chi connectivity index (χ3n) is 5.06. The van der Waals surface area contributed by atoms with E-state index < -0.39 is 17.7 Å². The number of carbonyl (C=O) groups is 1. The van der Waals surface area contributed by atoms with Crippen molar-refractivity contribution in [2.75, 3.05) is 18.0 Å². The second-order valence-corrected chi connectivity index (χ2v) is 8.16. The number of benzene rings is 1. The van der Waals surface area contributed by atoms with E-state index in [1.807, 2.05) is 0 Å². The zero-order chi connectivity index (χ0) is 21.5. The largest absolute Gasteiger partial charge is 0.389 e. The van der Waals surface area contributed by atoms with Crippen molar-refractivity contribution < 1.29 is 18.7 Å². The summed E-state index contributed by atoms with van der Waals surface area (Å²) in [5.74, 6) is -0.308. The van der Waals surface area contributed by atoms with E-state index in [1.54, 1.807) is 43.1 Å². The lowest BCUT2D eigenvalue weighted by Crippen LogP contribution is -2.38. The smallest absolute Gasteiger partial charge is 0.256 e. The Kier molecular flexibility index (Phi) is 5.15. The second kappa shape index (κ2) is 7.64. The Labute approximate surface area is 172 Å². The molecule has 158 valence electrons. The number of hydrogen-bond acceptors (Lipinski definition) is 5. The number of nitrogens with zero attached hydrogens (tertiary/aromatic N) is 4. The van der Waals surface area contributed by atoms with Gasteiger partial charge >= 0.3 is 0 Å². The van der Waals surface area contributed by atoms with E-state index in [2.05, 4.69) is 15.4 Å². The zero-order valence-corrected chi connectivity index (χ0v) is 16.7. The van der Waals surface area contributed by atoms with Crippen molar-refractivity contribution in [3.63, 3.8) is 0 Å². The number of halogens is 2. The Bertz CT molecular complexity index is 1080. The van der Waals surface area contributed by atoms with Crippen LogP contribution in [0.2, 0.25) is 0 Å². The molecule has 2 aromatic heterocycles. The summed E-state index contributed by atoms with van der Waals surface area (Å²) in [7, 11) is 0. The number of rotatable bonds is 5. The maximum atomic E-state index is 14.3. The molecular formula is C21H23F2N5O2. The van der Waals surface area contributed by atoms with Gasteiger partial charge in [0.2, 0.25) is 0 Å². The van der Waals surface area contributed by atoms with Gasteiger partial charge in [0, 0.05) is 19.2 Å². The second-order valence-electron chi connectivity index (χ2n) is 8.16. The van der Waals surface area contributed by atoms with E-state index in [0.717, 1.165) is 0 Å². The number of nitrogens with one attached hydrogen (secondary N) is 1. The van der Waals surface area contributed by atoms with Gasteiger partial charge in [-0.2, -0.15) is 5.10 Å². The molecule has 2 atom stereocenters. The van der Waals surface area contributed by atoms with Gasteiger partial charge in [-0.1, -0.05) is 12.1 Å². The highest BCUT2D eigenvalue weighted by atomic mass is 19.1. The van der Waals surface area contributed by atoms with Crippen LogP contribution in [0.15, 0.2) is 42.7 Å². The highest BCUT2D eigenvalue weighted by Gasteiger charge is 2.34. The summed E-state index contributed by atoms with van der Waals surface area (Å²) in [6.45, 7) is 3.37. The van der Waals surface area contributed by atoms with E-state index in [0.29, 0.717) is 17.0 Å². The molecule has 1 saturated heterocycles. The minimum Gasteiger partial charge on any atom is -0.389 e. The lowest BCUT2D eigenvalue weighted by atomic mass is 10.0. The molecule has 1 amide bonds. The molecule has 1 fully saturated rings. The number of alkyl halides is 1. The van der Waals surface area contributed by atoms with Crippen LogP contribution in [0.25, 0.3) is 5.65 Å². The monoisotopic (exact) mass is 415 g/mol. The van der Waals surface area contributed by atoms with Crippen LogP contribution >= 0.6 is 0 Å². The molecule has 2 unspecified atom stereocenters. The lowest BCUT2D eigenvalue weighted by Gasteiger charge is -2.25. The molecule has 7 nitrogen and oxygen atoms in total.